The molecule has 0 spiro atoms. The number of hydrogen-bond donors (Lipinski definition) is 2. The number of rotatable bonds is 6. The topological polar surface area (TPSA) is 32.3 Å². The van der Waals surface area contributed by atoms with Crippen molar-refractivity contribution >= 4 is 22.6 Å². The van der Waals surface area contributed by atoms with Gasteiger partial charge in [-0.15, -0.1) is 0 Å². The molecule has 0 saturated carbocycles. The van der Waals surface area contributed by atoms with Crippen molar-refractivity contribution in [1.29, 1.82) is 0 Å². The summed E-state index contributed by atoms with van der Waals surface area (Å²) in [6, 6.07) is 0.292. The summed E-state index contributed by atoms with van der Waals surface area (Å²) in [6.07, 6.45) is 2.28. The molecule has 3 heteroatoms. The molecule has 2 N–H and O–H groups in total. The maximum atomic E-state index is 8.85. The summed E-state index contributed by atoms with van der Waals surface area (Å²) >= 11 is 2.40. The fourth-order valence-electron chi connectivity index (χ4n) is 0.890. The van der Waals surface area contributed by atoms with Crippen LogP contribution in [-0.4, -0.2) is 29.2 Å². The highest BCUT2D eigenvalue weighted by Crippen LogP contribution is 2.10. The van der Waals surface area contributed by atoms with Gasteiger partial charge in [0.2, 0.25) is 0 Å². The van der Waals surface area contributed by atoms with E-state index in [1.54, 1.807) is 0 Å². The van der Waals surface area contributed by atoms with Crippen LogP contribution in [0.25, 0.3) is 0 Å². The quantitative estimate of drug-likeness (QED) is 0.565. The molecule has 0 fully saturated rings. The van der Waals surface area contributed by atoms with Crippen molar-refractivity contribution in [3.63, 3.8) is 0 Å². The Bertz CT molecular complexity index is 86.2. The Morgan fingerprint density at radius 1 is 1.45 bits per heavy atom. The highest BCUT2D eigenvalue weighted by molar-refractivity contribution is 14.1. The molecule has 0 aliphatic rings. The lowest BCUT2D eigenvalue weighted by Crippen LogP contribution is -2.29. The average Bonchev–Trinajstić information content (AvgIpc) is 2.06. The fourth-order valence-corrected chi connectivity index (χ4v) is 1.33. The first-order valence-electron chi connectivity index (χ1n) is 4.08. The zero-order valence-corrected chi connectivity index (χ0v) is 9.47. The molecule has 0 saturated heterocycles. The minimum atomic E-state index is 0.254. The van der Waals surface area contributed by atoms with Gasteiger partial charge in [0, 0.05) is 10.5 Å². The minimum Gasteiger partial charge on any atom is -0.395 e. The van der Waals surface area contributed by atoms with E-state index in [-0.39, 0.29) is 6.61 Å². The Morgan fingerprint density at radius 3 is 2.45 bits per heavy atom. The normalized spacial score (nSPS) is 16.4. The first-order valence-corrected chi connectivity index (χ1v) is 5.61. The van der Waals surface area contributed by atoms with Crippen LogP contribution in [0.4, 0.5) is 0 Å². The van der Waals surface area contributed by atoms with Crippen molar-refractivity contribution in [3.8, 4) is 0 Å². The van der Waals surface area contributed by atoms with Crippen LogP contribution < -0.4 is 5.32 Å². The van der Waals surface area contributed by atoms with Gasteiger partial charge in [-0.1, -0.05) is 29.5 Å². The van der Waals surface area contributed by atoms with Crippen molar-refractivity contribution < 1.29 is 5.11 Å². The predicted molar refractivity (Wildman–Crippen MR) is 57.2 cm³/mol. The maximum absolute atomic E-state index is 8.85. The highest BCUT2D eigenvalue weighted by Gasteiger charge is 2.06. The molecule has 0 amide bonds. The Labute approximate surface area is 82.9 Å². The second kappa shape index (κ2) is 7.31. The molecule has 2 nitrogen and oxygen atoms in total. The molecule has 0 bridgehead atoms. The third-order valence-corrected chi connectivity index (χ3v) is 3.40. The predicted octanol–water partition coefficient (Wildman–Crippen LogP) is 1.42. The Hall–Kier alpha value is 0.650. The van der Waals surface area contributed by atoms with Crippen molar-refractivity contribution in [2.24, 2.45) is 5.92 Å². The zero-order valence-electron chi connectivity index (χ0n) is 7.31. The molecular weight excluding hydrogens is 253 g/mol. The average molecular weight is 271 g/mol. The van der Waals surface area contributed by atoms with Crippen molar-refractivity contribution in [2.45, 2.75) is 25.8 Å². The monoisotopic (exact) mass is 271 g/mol. The van der Waals surface area contributed by atoms with Crippen LogP contribution in [0.15, 0.2) is 0 Å². The fraction of sp³-hybridized carbons (Fsp3) is 1.00. The van der Waals surface area contributed by atoms with Gasteiger partial charge in [-0.25, -0.2) is 0 Å². The van der Waals surface area contributed by atoms with Gasteiger partial charge in [0.15, 0.2) is 0 Å². The largest absolute Gasteiger partial charge is 0.395 e. The number of nitrogens with one attached hydrogen (secondary N) is 1. The SMILES string of the molecule is CNC(CO)CCC(C)CI. The minimum absolute atomic E-state index is 0.254. The van der Waals surface area contributed by atoms with E-state index >= 15 is 0 Å². The molecule has 0 aliphatic heterocycles. The Morgan fingerprint density at radius 2 is 2.09 bits per heavy atom. The van der Waals surface area contributed by atoms with Crippen LogP contribution in [0, 0.1) is 5.92 Å². The van der Waals surface area contributed by atoms with Gasteiger partial charge in [-0.3, -0.25) is 0 Å². The third kappa shape index (κ3) is 5.87. The molecule has 2 unspecified atom stereocenters. The maximum Gasteiger partial charge on any atom is 0.0584 e. The lowest BCUT2D eigenvalue weighted by atomic mass is 10.0. The molecule has 0 aliphatic carbocycles. The standard InChI is InChI=1S/C8H18INO/c1-7(5-9)3-4-8(6-11)10-2/h7-8,10-11H,3-6H2,1-2H3. The van der Waals surface area contributed by atoms with Crippen molar-refractivity contribution in [1.82, 2.24) is 5.32 Å². The van der Waals surface area contributed by atoms with Gasteiger partial charge in [0.1, 0.15) is 0 Å². The molecular formula is C8H18INO. The van der Waals surface area contributed by atoms with E-state index < -0.39 is 0 Å². The lowest BCUT2D eigenvalue weighted by Gasteiger charge is -2.14. The number of alkyl halides is 1. The third-order valence-electron chi connectivity index (χ3n) is 1.90. The van der Waals surface area contributed by atoms with E-state index in [4.69, 9.17) is 5.11 Å². The van der Waals surface area contributed by atoms with Crippen LogP contribution in [0.3, 0.4) is 0 Å². The van der Waals surface area contributed by atoms with Crippen LogP contribution in [0.1, 0.15) is 19.8 Å². The number of hydrogen-bond acceptors (Lipinski definition) is 2. The Kier molecular flexibility index (Phi) is 7.74. The van der Waals surface area contributed by atoms with Gasteiger partial charge in [0.05, 0.1) is 6.61 Å². The van der Waals surface area contributed by atoms with Gasteiger partial charge < -0.3 is 10.4 Å². The van der Waals surface area contributed by atoms with Crippen LogP contribution in [-0.2, 0) is 0 Å². The van der Waals surface area contributed by atoms with E-state index in [0.29, 0.717) is 6.04 Å². The molecule has 0 aromatic carbocycles. The van der Waals surface area contributed by atoms with Gasteiger partial charge in [-0.05, 0) is 25.8 Å². The molecule has 0 rings (SSSR count). The van der Waals surface area contributed by atoms with Crippen molar-refractivity contribution in [3.05, 3.63) is 0 Å². The first-order chi connectivity index (χ1) is 5.24. The molecule has 0 radical (unpaired) electrons. The van der Waals surface area contributed by atoms with Crippen molar-refractivity contribution in [2.75, 3.05) is 18.1 Å². The number of aliphatic hydroxyl groups is 1. The first kappa shape index (κ1) is 11.6. The van der Waals surface area contributed by atoms with Crippen LogP contribution in [0.5, 0.6) is 0 Å². The van der Waals surface area contributed by atoms with E-state index in [0.717, 1.165) is 12.3 Å². The zero-order chi connectivity index (χ0) is 8.69. The van der Waals surface area contributed by atoms with Gasteiger partial charge in [-0.2, -0.15) is 0 Å². The lowest BCUT2D eigenvalue weighted by molar-refractivity contribution is 0.236. The highest BCUT2D eigenvalue weighted by atomic mass is 127. The molecule has 0 aromatic rings. The summed E-state index contributed by atoms with van der Waals surface area (Å²) in [5.74, 6) is 0.776. The van der Waals surface area contributed by atoms with Gasteiger partial charge >= 0.3 is 0 Å². The number of aliphatic hydroxyl groups excluding tert-OH is 1. The number of likely N-dealkylation sites (N-methyl/N-ethyl adjacent to an activating group) is 1. The summed E-state index contributed by atoms with van der Waals surface area (Å²) in [4.78, 5) is 0. The summed E-state index contributed by atoms with van der Waals surface area (Å²) in [5, 5.41) is 11.9. The second-order valence-electron chi connectivity index (χ2n) is 3.00. The molecule has 11 heavy (non-hydrogen) atoms. The summed E-state index contributed by atoms with van der Waals surface area (Å²) in [6.45, 7) is 2.50. The molecule has 68 valence electrons. The summed E-state index contributed by atoms with van der Waals surface area (Å²) < 4.78 is 1.21. The van der Waals surface area contributed by atoms with E-state index in [1.165, 1.54) is 10.8 Å². The Balaban J connectivity index is 3.34. The van der Waals surface area contributed by atoms with Gasteiger partial charge in [0.25, 0.3) is 0 Å². The molecule has 2 atom stereocenters. The van der Waals surface area contributed by atoms with Crippen LogP contribution >= 0.6 is 22.6 Å². The van der Waals surface area contributed by atoms with E-state index in [9.17, 15) is 0 Å². The van der Waals surface area contributed by atoms with E-state index in [2.05, 4.69) is 34.8 Å². The van der Waals surface area contributed by atoms with E-state index in [1.807, 2.05) is 7.05 Å². The summed E-state index contributed by atoms with van der Waals surface area (Å²) in [5.41, 5.74) is 0. The molecule has 0 aromatic heterocycles. The second-order valence-corrected chi connectivity index (χ2v) is 3.89. The number of halogens is 1. The van der Waals surface area contributed by atoms with Crippen LogP contribution in [0.2, 0.25) is 0 Å². The summed E-state index contributed by atoms with van der Waals surface area (Å²) in [7, 11) is 1.90. The smallest absolute Gasteiger partial charge is 0.0584 e. The molecule has 0 heterocycles.